The number of amides is 1. The lowest BCUT2D eigenvalue weighted by molar-refractivity contribution is -0.117. The Hall–Kier alpha value is -3.46. The third-order valence-corrected chi connectivity index (χ3v) is 5.84. The predicted molar refractivity (Wildman–Crippen MR) is 124 cm³/mol. The molecule has 0 saturated carbocycles. The van der Waals surface area contributed by atoms with Crippen molar-refractivity contribution in [1.29, 1.82) is 5.26 Å². The second-order valence-electron chi connectivity index (χ2n) is 8.02. The first kappa shape index (κ1) is 23.2. The molecule has 1 heterocycles. The summed E-state index contributed by atoms with van der Waals surface area (Å²) in [7, 11) is 3.19. The van der Waals surface area contributed by atoms with Gasteiger partial charge in [-0.1, -0.05) is 36.4 Å². The summed E-state index contributed by atoms with van der Waals surface area (Å²) in [5.41, 5.74) is 2.54. The molecule has 1 aliphatic heterocycles. The molecule has 0 atom stereocenters. The lowest BCUT2D eigenvalue weighted by atomic mass is 9.90. The van der Waals surface area contributed by atoms with Gasteiger partial charge >= 0.3 is 0 Å². The van der Waals surface area contributed by atoms with Gasteiger partial charge in [0.2, 0.25) is 0 Å². The van der Waals surface area contributed by atoms with E-state index in [9.17, 15) is 10.1 Å². The van der Waals surface area contributed by atoms with Gasteiger partial charge in [-0.05, 0) is 54.9 Å². The first-order valence-electron chi connectivity index (χ1n) is 11.0. The summed E-state index contributed by atoms with van der Waals surface area (Å²) < 4.78 is 10.6. The van der Waals surface area contributed by atoms with Crippen LogP contribution in [-0.2, 0) is 17.6 Å². The smallest absolute Gasteiger partial charge is 0.263 e. The number of hydrogen-bond donors (Lipinski definition) is 1. The van der Waals surface area contributed by atoms with Gasteiger partial charge in [-0.15, -0.1) is 0 Å². The van der Waals surface area contributed by atoms with Crippen LogP contribution in [0.1, 0.15) is 24.0 Å². The number of nitrogens with one attached hydrogen (secondary N) is 1. The number of carbonyl (C=O) groups is 1. The minimum atomic E-state index is -0.334. The summed E-state index contributed by atoms with van der Waals surface area (Å²) in [6.07, 6.45) is 5.55. The molecule has 3 rings (SSSR count). The summed E-state index contributed by atoms with van der Waals surface area (Å²) in [6, 6.07) is 18.3. The van der Waals surface area contributed by atoms with Gasteiger partial charge in [0.1, 0.15) is 11.6 Å². The maximum absolute atomic E-state index is 12.5. The molecule has 0 aromatic heterocycles. The van der Waals surface area contributed by atoms with Gasteiger partial charge in [0.15, 0.2) is 11.5 Å². The van der Waals surface area contributed by atoms with E-state index in [1.165, 1.54) is 5.56 Å². The van der Waals surface area contributed by atoms with Crippen LogP contribution in [0.25, 0.3) is 0 Å². The Morgan fingerprint density at radius 2 is 1.81 bits per heavy atom. The van der Waals surface area contributed by atoms with E-state index < -0.39 is 0 Å². The fourth-order valence-corrected chi connectivity index (χ4v) is 4.01. The minimum Gasteiger partial charge on any atom is -0.493 e. The molecule has 1 N–H and O–H groups in total. The second kappa shape index (κ2) is 11.8. The van der Waals surface area contributed by atoms with E-state index in [2.05, 4.69) is 40.6 Å². The average Bonchev–Trinajstić information content (AvgIpc) is 2.84. The quantitative estimate of drug-likeness (QED) is 0.482. The van der Waals surface area contributed by atoms with Crippen LogP contribution in [0, 0.1) is 17.2 Å². The molecule has 0 spiro atoms. The molecule has 168 valence electrons. The van der Waals surface area contributed by atoms with Gasteiger partial charge in [0, 0.05) is 25.8 Å². The van der Waals surface area contributed by atoms with Crippen LogP contribution in [-0.4, -0.2) is 44.7 Å². The predicted octanol–water partition coefficient (Wildman–Crippen LogP) is 3.72. The van der Waals surface area contributed by atoms with Gasteiger partial charge in [-0.3, -0.25) is 4.79 Å². The van der Waals surface area contributed by atoms with E-state index in [1.807, 2.05) is 24.3 Å². The summed E-state index contributed by atoms with van der Waals surface area (Å²) in [6.45, 7) is 2.16. The van der Waals surface area contributed by atoms with Crippen molar-refractivity contribution in [3.63, 3.8) is 0 Å². The van der Waals surface area contributed by atoms with E-state index in [-0.39, 0.29) is 11.5 Å². The fraction of sp³-hybridized carbons (Fsp3) is 0.385. The number of nitriles is 1. The zero-order valence-corrected chi connectivity index (χ0v) is 18.8. The van der Waals surface area contributed by atoms with Crippen molar-refractivity contribution >= 4 is 5.91 Å². The topological polar surface area (TPSA) is 74.6 Å². The van der Waals surface area contributed by atoms with E-state index in [0.717, 1.165) is 37.9 Å². The molecule has 6 nitrogen and oxygen atoms in total. The van der Waals surface area contributed by atoms with Gasteiger partial charge in [-0.2, -0.15) is 5.26 Å². The summed E-state index contributed by atoms with van der Waals surface area (Å²) in [5, 5.41) is 12.3. The molecule has 0 unspecified atom stereocenters. The van der Waals surface area contributed by atoms with Gasteiger partial charge in [-0.25, -0.2) is 0 Å². The first-order chi connectivity index (χ1) is 15.6. The molecule has 1 aliphatic rings. The molecule has 0 aliphatic carbocycles. The molecule has 2 aromatic rings. The lowest BCUT2D eigenvalue weighted by Gasteiger charge is -2.31. The number of methoxy groups -OCH3 is 2. The molecule has 0 radical (unpaired) electrons. The zero-order chi connectivity index (χ0) is 22.8. The Bertz CT molecular complexity index is 958. The van der Waals surface area contributed by atoms with Crippen LogP contribution in [0.5, 0.6) is 11.5 Å². The van der Waals surface area contributed by atoms with Crippen LogP contribution in [0.4, 0.5) is 0 Å². The van der Waals surface area contributed by atoms with Crippen molar-refractivity contribution in [2.24, 2.45) is 5.92 Å². The maximum atomic E-state index is 12.5. The minimum absolute atomic E-state index is 0.152. The third-order valence-electron chi connectivity index (χ3n) is 5.84. The number of nitrogens with zero attached hydrogens (tertiary/aromatic N) is 2. The highest BCUT2D eigenvalue weighted by atomic mass is 16.5. The molecule has 6 heteroatoms. The molecule has 32 heavy (non-hydrogen) atoms. The largest absolute Gasteiger partial charge is 0.493 e. The summed E-state index contributed by atoms with van der Waals surface area (Å²) in [5.74, 6) is 1.63. The molecule has 0 bridgehead atoms. The van der Waals surface area contributed by atoms with Crippen LogP contribution in [0.3, 0.4) is 0 Å². The van der Waals surface area contributed by atoms with E-state index >= 15 is 0 Å². The Morgan fingerprint density at radius 1 is 1.09 bits per heavy atom. The number of ether oxygens (including phenoxy) is 2. The van der Waals surface area contributed by atoms with Crippen LogP contribution < -0.4 is 14.8 Å². The van der Waals surface area contributed by atoms with Crippen molar-refractivity contribution < 1.29 is 14.3 Å². The number of carbonyl (C=O) groups excluding carboxylic acids is 1. The summed E-state index contributed by atoms with van der Waals surface area (Å²) in [4.78, 5) is 14.6. The number of hydrogen-bond acceptors (Lipinski definition) is 5. The van der Waals surface area contributed by atoms with Crippen molar-refractivity contribution in [2.75, 3.05) is 33.9 Å². The molecule has 2 aromatic carbocycles. The van der Waals surface area contributed by atoms with E-state index in [1.54, 1.807) is 20.4 Å². The highest BCUT2D eigenvalue weighted by Gasteiger charge is 2.19. The Morgan fingerprint density at radius 3 is 2.47 bits per heavy atom. The first-order valence-corrected chi connectivity index (χ1v) is 11.0. The van der Waals surface area contributed by atoms with Crippen LogP contribution in [0.15, 0.2) is 60.3 Å². The third kappa shape index (κ3) is 6.52. The van der Waals surface area contributed by atoms with Crippen molar-refractivity contribution in [3.8, 4) is 17.6 Å². The highest BCUT2D eigenvalue weighted by Crippen LogP contribution is 2.27. The molecule has 1 amide bonds. The second-order valence-corrected chi connectivity index (χ2v) is 8.02. The molecule has 1 saturated heterocycles. The van der Waals surface area contributed by atoms with Crippen molar-refractivity contribution in [3.05, 3.63) is 71.4 Å². The fourth-order valence-electron chi connectivity index (χ4n) is 4.01. The number of rotatable bonds is 9. The standard InChI is InChI=1S/C26H31N3O3/c1-31-24-9-8-21(17-25(24)32-2)10-13-28-26(30)23(18-27)19-29-14-11-22(12-15-29)16-20-6-4-3-5-7-20/h3-9,17,19,22H,10-16H2,1-2H3,(H,28,30)/b23-19-. The SMILES string of the molecule is COc1ccc(CCNC(=O)/C(C#N)=C\N2CCC(Cc3ccccc3)CC2)cc1OC. The zero-order valence-electron chi connectivity index (χ0n) is 18.8. The lowest BCUT2D eigenvalue weighted by Crippen LogP contribution is -2.33. The molecular formula is C26H31N3O3. The monoisotopic (exact) mass is 433 g/mol. The van der Waals surface area contributed by atoms with E-state index in [4.69, 9.17) is 9.47 Å². The number of piperidine rings is 1. The number of likely N-dealkylation sites (tertiary alicyclic amines) is 1. The van der Waals surface area contributed by atoms with E-state index in [0.29, 0.717) is 30.4 Å². The Kier molecular flexibility index (Phi) is 8.56. The summed E-state index contributed by atoms with van der Waals surface area (Å²) >= 11 is 0. The maximum Gasteiger partial charge on any atom is 0.263 e. The molecule has 1 fully saturated rings. The Labute approximate surface area is 190 Å². The van der Waals surface area contributed by atoms with Crippen LogP contribution in [0.2, 0.25) is 0 Å². The van der Waals surface area contributed by atoms with Crippen LogP contribution >= 0.6 is 0 Å². The van der Waals surface area contributed by atoms with Gasteiger partial charge < -0.3 is 19.7 Å². The van der Waals surface area contributed by atoms with Crippen molar-refractivity contribution in [2.45, 2.75) is 25.7 Å². The highest BCUT2D eigenvalue weighted by molar-refractivity contribution is 5.97. The van der Waals surface area contributed by atoms with Gasteiger partial charge in [0.25, 0.3) is 5.91 Å². The van der Waals surface area contributed by atoms with Gasteiger partial charge in [0.05, 0.1) is 14.2 Å². The Balaban J connectivity index is 1.47. The number of benzene rings is 2. The van der Waals surface area contributed by atoms with Crippen molar-refractivity contribution in [1.82, 2.24) is 10.2 Å². The molecular weight excluding hydrogens is 402 g/mol. The normalized spacial score (nSPS) is 14.5. The average molecular weight is 434 g/mol.